The fourth-order valence-corrected chi connectivity index (χ4v) is 1.39. The van der Waals surface area contributed by atoms with Gasteiger partial charge < -0.3 is 15.4 Å². The average Bonchev–Trinajstić information content (AvgIpc) is 2.82. The SMILES string of the molecule is O=C(NC1CC1)N1CC/C(=N\O)C1. The van der Waals surface area contributed by atoms with E-state index in [9.17, 15) is 4.79 Å². The van der Waals surface area contributed by atoms with Crippen LogP contribution in [0.5, 0.6) is 0 Å². The molecule has 2 amide bonds. The van der Waals surface area contributed by atoms with E-state index in [0.29, 0.717) is 31.3 Å². The Labute approximate surface area is 76.4 Å². The Kier molecular flexibility index (Phi) is 2.08. The maximum atomic E-state index is 11.4. The van der Waals surface area contributed by atoms with Gasteiger partial charge in [0.05, 0.1) is 12.3 Å². The number of nitrogens with zero attached hydrogens (tertiary/aromatic N) is 2. The molecule has 1 aliphatic carbocycles. The molecule has 1 heterocycles. The second-order valence-corrected chi connectivity index (χ2v) is 3.56. The molecule has 1 aliphatic heterocycles. The van der Waals surface area contributed by atoms with Crippen LogP contribution in [0.1, 0.15) is 19.3 Å². The van der Waals surface area contributed by atoms with Gasteiger partial charge in [-0.15, -0.1) is 0 Å². The lowest BCUT2D eigenvalue weighted by Crippen LogP contribution is -2.39. The summed E-state index contributed by atoms with van der Waals surface area (Å²) < 4.78 is 0. The normalized spacial score (nSPS) is 25.2. The topological polar surface area (TPSA) is 64.9 Å². The van der Waals surface area contributed by atoms with Gasteiger partial charge in [0.1, 0.15) is 0 Å². The second-order valence-electron chi connectivity index (χ2n) is 3.56. The van der Waals surface area contributed by atoms with E-state index in [0.717, 1.165) is 12.8 Å². The van der Waals surface area contributed by atoms with Crippen LogP contribution in [0.15, 0.2) is 5.16 Å². The van der Waals surface area contributed by atoms with E-state index in [1.54, 1.807) is 4.90 Å². The molecule has 72 valence electrons. The molecule has 0 aromatic carbocycles. The zero-order valence-corrected chi connectivity index (χ0v) is 7.36. The minimum Gasteiger partial charge on any atom is -0.411 e. The number of rotatable bonds is 1. The molecule has 1 saturated heterocycles. The van der Waals surface area contributed by atoms with Crippen molar-refractivity contribution in [1.29, 1.82) is 0 Å². The lowest BCUT2D eigenvalue weighted by Gasteiger charge is -2.14. The van der Waals surface area contributed by atoms with Gasteiger partial charge in [0.15, 0.2) is 0 Å². The van der Waals surface area contributed by atoms with Crippen LogP contribution in [-0.4, -0.2) is 41.0 Å². The smallest absolute Gasteiger partial charge is 0.317 e. The summed E-state index contributed by atoms with van der Waals surface area (Å²) in [6.45, 7) is 1.13. The minimum atomic E-state index is -0.0267. The summed E-state index contributed by atoms with van der Waals surface area (Å²) in [6.07, 6.45) is 2.88. The quantitative estimate of drug-likeness (QED) is 0.456. The first-order valence-electron chi connectivity index (χ1n) is 4.55. The molecule has 0 spiro atoms. The highest BCUT2D eigenvalue weighted by Crippen LogP contribution is 2.19. The molecule has 0 unspecified atom stereocenters. The van der Waals surface area contributed by atoms with Crippen LogP contribution in [0.4, 0.5) is 4.79 Å². The predicted octanol–water partition coefficient (Wildman–Crippen LogP) is 0.394. The number of urea groups is 1. The van der Waals surface area contributed by atoms with E-state index in [4.69, 9.17) is 5.21 Å². The standard InChI is InChI=1S/C8H13N3O2/c12-8(9-6-1-2-6)11-4-3-7(5-11)10-13/h6,13H,1-5H2,(H,9,12)/b10-7+. The molecule has 2 N–H and O–H groups in total. The Morgan fingerprint density at radius 3 is 2.92 bits per heavy atom. The summed E-state index contributed by atoms with van der Waals surface area (Å²) in [5.41, 5.74) is 0.686. The predicted molar refractivity (Wildman–Crippen MR) is 47.0 cm³/mol. The molecular weight excluding hydrogens is 170 g/mol. The largest absolute Gasteiger partial charge is 0.411 e. The van der Waals surface area contributed by atoms with Crippen molar-refractivity contribution in [3.05, 3.63) is 0 Å². The van der Waals surface area contributed by atoms with Crippen LogP contribution >= 0.6 is 0 Å². The van der Waals surface area contributed by atoms with Gasteiger partial charge in [-0.3, -0.25) is 0 Å². The maximum absolute atomic E-state index is 11.4. The fourth-order valence-electron chi connectivity index (χ4n) is 1.39. The van der Waals surface area contributed by atoms with Crippen LogP contribution < -0.4 is 5.32 Å². The molecule has 0 atom stereocenters. The third-order valence-electron chi connectivity index (χ3n) is 2.38. The molecule has 0 bridgehead atoms. The third-order valence-corrected chi connectivity index (χ3v) is 2.38. The lowest BCUT2D eigenvalue weighted by molar-refractivity contribution is 0.209. The molecule has 2 rings (SSSR count). The Balaban J connectivity index is 1.83. The number of carbonyl (C=O) groups excluding carboxylic acids is 1. The van der Waals surface area contributed by atoms with Gasteiger partial charge in [-0.25, -0.2) is 4.79 Å². The van der Waals surface area contributed by atoms with Crippen molar-refractivity contribution in [2.24, 2.45) is 5.16 Å². The van der Waals surface area contributed by atoms with Crippen molar-refractivity contribution in [3.63, 3.8) is 0 Å². The van der Waals surface area contributed by atoms with Crippen molar-refractivity contribution >= 4 is 11.7 Å². The molecule has 2 fully saturated rings. The minimum absolute atomic E-state index is 0.0267. The first-order valence-corrected chi connectivity index (χ1v) is 4.55. The Hall–Kier alpha value is -1.26. The van der Waals surface area contributed by atoms with Crippen LogP contribution in [0.3, 0.4) is 0 Å². The van der Waals surface area contributed by atoms with E-state index >= 15 is 0 Å². The molecule has 0 radical (unpaired) electrons. The monoisotopic (exact) mass is 183 g/mol. The van der Waals surface area contributed by atoms with Crippen molar-refractivity contribution in [1.82, 2.24) is 10.2 Å². The third kappa shape index (κ3) is 1.91. The molecular formula is C8H13N3O2. The molecule has 0 aromatic heterocycles. The maximum Gasteiger partial charge on any atom is 0.317 e. The van der Waals surface area contributed by atoms with Crippen molar-refractivity contribution < 1.29 is 10.0 Å². The molecule has 1 saturated carbocycles. The molecule has 0 aromatic rings. The van der Waals surface area contributed by atoms with Gasteiger partial charge in [-0.05, 0) is 12.8 Å². The highest BCUT2D eigenvalue weighted by molar-refractivity contribution is 5.92. The van der Waals surface area contributed by atoms with E-state index in [2.05, 4.69) is 10.5 Å². The summed E-state index contributed by atoms with van der Waals surface area (Å²) in [4.78, 5) is 13.1. The van der Waals surface area contributed by atoms with Gasteiger partial charge in [-0.2, -0.15) is 0 Å². The highest BCUT2D eigenvalue weighted by atomic mass is 16.4. The summed E-state index contributed by atoms with van der Waals surface area (Å²) in [6, 6.07) is 0.365. The molecule has 13 heavy (non-hydrogen) atoms. The van der Waals surface area contributed by atoms with Gasteiger partial charge in [-0.1, -0.05) is 5.16 Å². The fraction of sp³-hybridized carbons (Fsp3) is 0.750. The number of carbonyl (C=O) groups is 1. The van der Waals surface area contributed by atoms with Gasteiger partial charge in [0.25, 0.3) is 0 Å². The van der Waals surface area contributed by atoms with Crippen molar-refractivity contribution in [3.8, 4) is 0 Å². The summed E-state index contributed by atoms with van der Waals surface area (Å²) in [7, 11) is 0. The Morgan fingerprint density at radius 2 is 2.38 bits per heavy atom. The summed E-state index contributed by atoms with van der Waals surface area (Å²) in [5.74, 6) is 0. The van der Waals surface area contributed by atoms with E-state index < -0.39 is 0 Å². The number of nitrogens with one attached hydrogen (secondary N) is 1. The van der Waals surface area contributed by atoms with Crippen LogP contribution in [0.25, 0.3) is 0 Å². The number of amides is 2. The summed E-state index contributed by atoms with van der Waals surface area (Å²) >= 11 is 0. The van der Waals surface area contributed by atoms with Gasteiger partial charge >= 0.3 is 6.03 Å². The molecule has 5 heteroatoms. The van der Waals surface area contributed by atoms with E-state index in [1.165, 1.54) is 0 Å². The zero-order valence-electron chi connectivity index (χ0n) is 7.36. The van der Waals surface area contributed by atoms with Crippen molar-refractivity contribution in [2.75, 3.05) is 13.1 Å². The van der Waals surface area contributed by atoms with Crippen molar-refractivity contribution in [2.45, 2.75) is 25.3 Å². The lowest BCUT2D eigenvalue weighted by atomic mass is 10.3. The van der Waals surface area contributed by atoms with E-state index in [1.807, 2.05) is 0 Å². The first-order chi connectivity index (χ1) is 6.29. The highest BCUT2D eigenvalue weighted by Gasteiger charge is 2.28. The first kappa shape index (κ1) is 8.34. The Bertz CT molecular complexity index is 248. The number of oxime groups is 1. The number of hydrogen-bond acceptors (Lipinski definition) is 3. The Morgan fingerprint density at radius 1 is 1.62 bits per heavy atom. The van der Waals surface area contributed by atoms with Gasteiger partial charge in [0.2, 0.25) is 0 Å². The number of likely N-dealkylation sites (tertiary alicyclic amines) is 1. The van der Waals surface area contributed by atoms with Crippen LogP contribution in [-0.2, 0) is 0 Å². The van der Waals surface area contributed by atoms with Crippen LogP contribution in [0.2, 0.25) is 0 Å². The number of hydrogen-bond donors (Lipinski definition) is 2. The average molecular weight is 183 g/mol. The van der Waals surface area contributed by atoms with Gasteiger partial charge in [0, 0.05) is 19.0 Å². The summed E-state index contributed by atoms with van der Waals surface area (Å²) in [5, 5.41) is 14.5. The van der Waals surface area contributed by atoms with E-state index in [-0.39, 0.29) is 6.03 Å². The second kappa shape index (κ2) is 3.24. The molecule has 5 nitrogen and oxygen atoms in total. The van der Waals surface area contributed by atoms with Crippen LogP contribution in [0, 0.1) is 0 Å². The molecule has 2 aliphatic rings. The zero-order chi connectivity index (χ0) is 9.26.